The van der Waals surface area contributed by atoms with Crippen LogP contribution in [0.25, 0.3) is 10.8 Å². The highest BCUT2D eigenvalue weighted by molar-refractivity contribution is 7.89. The van der Waals surface area contributed by atoms with Crippen LogP contribution in [0.15, 0.2) is 102 Å². The maximum atomic E-state index is 13.9. The van der Waals surface area contributed by atoms with Gasteiger partial charge in [-0.05, 0) is 52.6 Å². The number of likely N-dealkylation sites (N-methyl/N-ethyl adjacent to an activating group) is 1. The van der Waals surface area contributed by atoms with E-state index in [1.807, 2.05) is 61.5 Å². The summed E-state index contributed by atoms with van der Waals surface area (Å²) in [5.41, 5.74) is 1.46. The first-order valence-corrected chi connectivity index (χ1v) is 14.9. The lowest BCUT2D eigenvalue weighted by Crippen LogP contribution is -2.53. The Kier molecular flexibility index (Phi) is 9.86. The van der Waals surface area contributed by atoms with Crippen LogP contribution in [0, 0.1) is 5.82 Å². The number of sulfonamides is 1. The largest absolute Gasteiger partial charge is 0.354 e. The highest BCUT2D eigenvalue weighted by Gasteiger charge is 2.33. The Morgan fingerprint density at radius 2 is 1.51 bits per heavy atom. The van der Waals surface area contributed by atoms with Gasteiger partial charge >= 0.3 is 0 Å². The van der Waals surface area contributed by atoms with Crippen LogP contribution in [0.2, 0.25) is 0 Å². The smallest absolute Gasteiger partial charge is 0.243 e. The van der Waals surface area contributed by atoms with Gasteiger partial charge in [0.05, 0.1) is 11.4 Å². The van der Waals surface area contributed by atoms with E-state index in [9.17, 15) is 22.4 Å². The number of carbonyl (C=O) groups excluding carboxylic acids is 2. The molecule has 1 atom stereocenters. The van der Waals surface area contributed by atoms with Crippen LogP contribution < -0.4 is 5.32 Å². The number of nitrogens with zero attached hydrogens (tertiary/aromatic N) is 2. The second-order valence-electron chi connectivity index (χ2n) is 9.91. The zero-order valence-corrected chi connectivity index (χ0v) is 24.0. The van der Waals surface area contributed by atoms with E-state index >= 15 is 0 Å². The van der Waals surface area contributed by atoms with Gasteiger partial charge in [0.1, 0.15) is 11.9 Å². The SMILES string of the molecule is CCCNC(=O)C(Cc1ccccc1)N(Cc1ccc(F)cc1)C(=O)CN(C)S(=O)(=O)c1ccc2ccccc2c1. The Bertz CT molecular complexity index is 1590. The molecule has 0 heterocycles. The fourth-order valence-corrected chi connectivity index (χ4v) is 5.74. The van der Waals surface area contributed by atoms with Gasteiger partial charge in [-0.1, -0.05) is 79.7 Å². The monoisotopic (exact) mass is 575 g/mol. The van der Waals surface area contributed by atoms with Crippen molar-refractivity contribution in [3.63, 3.8) is 0 Å². The molecule has 0 aliphatic rings. The number of hydrogen-bond acceptors (Lipinski definition) is 4. The summed E-state index contributed by atoms with van der Waals surface area (Å²) in [6.45, 7) is 1.88. The van der Waals surface area contributed by atoms with Gasteiger partial charge in [0.15, 0.2) is 0 Å². The molecule has 0 aliphatic carbocycles. The van der Waals surface area contributed by atoms with E-state index in [0.29, 0.717) is 18.5 Å². The Balaban J connectivity index is 1.65. The molecule has 1 unspecified atom stereocenters. The predicted octanol–water partition coefficient (Wildman–Crippen LogP) is 4.77. The molecule has 4 aromatic carbocycles. The quantitative estimate of drug-likeness (QED) is 0.264. The summed E-state index contributed by atoms with van der Waals surface area (Å²) in [5, 5.41) is 4.55. The molecule has 41 heavy (non-hydrogen) atoms. The van der Waals surface area contributed by atoms with Gasteiger partial charge in [0, 0.05) is 26.6 Å². The van der Waals surface area contributed by atoms with E-state index < -0.39 is 34.3 Å². The first-order chi connectivity index (χ1) is 19.7. The number of rotatable bonds is 12. The van der Waals surface area contributed by atoms with Gasteiger partial charge in [-0.2, -0.15) is 4.31 Å². The average molecular weight is 576 g/mol. The predicted molar refractivity (Wildman–Crippen MR) is 158 cm³/mol. The van der Waals surface area contributed by atoms with Gasteiger partial charge in [-0.15, -0.1) is 0 Å². The summed E-state index contributed by atoms with van der Waals surface area (Å²) >= 11 is 0. The molecule has 9 heteroatoms. The molecule has 214 valence electrons. The van der Waals surface area contributed by atoms with E-state index in [0.717, 1.165) is 20.6 Å². The lowest BCUT2D eigenvalue weighted by molar-refractivity contribution is -0.141. The molecular formula is C32H34FN3O4S. The van der Waals surface area contributed by atoms with Gasteiger partial charge in [0.2, 0.25) is 21.8 Å². The van der Waals surface area contributed by atoms with Crippen molar-refractivity contribution in [2.24, 2.45) is 0 Å². The lowest BCUT2D eigenvalue weighted by atomic mass is 10.0. The second kappa shape index (κ2) is 13.5. The summed E-state index contributed by atoms with van der Waals surface area (Å²) in [5.74, 6) is -1.31. The molecule has 0 saturated carbocycles. The molecule has 0 aliphatic heterocycles. The first-order valence-electron chi connectivity index (χ1n) is 13.5. The van der Waals surface area contributed by atoms with Gasteiger partial charge in [-0.25, -0.2) is 12.8 Å². The zero-order chi connectivity index (χ0) is 29.4. The molecule has 4 aromatic rings. The fourth-order valence-electron chi connectivity index (χ4n) is 4.58. The van der Waals surface area contributed by atoms with Crippen molar-refractivity contribution >= 4 is 32.6 Å². The first kappa shape index (κ1) is 29.9. The van der Waals surface area contributed by atoms with Crippen molar-refractivity contribution in [1.29, 1.82) is 0 Å². The summed E-state index contributed by atoms with van der Waals surface area (Å²) in [6.07, 6.45) is 0.937. The Labute approximate surface area is 240 Å². The molecule has 0 spiro atoms. The van der Waals surface area contributed by atoms with E-state index in [1.54, 1.807) is 24.3 Å². The van der Waals surface area contributed by atoms with Gasteiger partial charge < -0.3 is 10.2 Å². The van der Waals surface area contributed by atoms with Crippen LogP contribution in [-0.2, 0) is 32.6 Å². The van der Waals surface area contributed by atoms with Crippen molar-refractivity contribution in [3.05, 3.63) is 114 Å². The van der Waals surface area contributed by atoms with Crippen LogP contribution in [0.5, 0.6) is 0 Å². The third-order valence-corrected chi connectivity index (χ3v) is 8.67. The van der Waals surface area contributed by atoms with Crippen molar-refractivity contribution in [1.82, 2.24) is 14.5 Å². The van der Waals surface area contributed by atoms with Crippen molar-refractivity contribution in [3.8, 4) is 0 Å². The third kappa shape index (κ3) is 7.56. The summed E-state index contributed by atoms with van der Waals surface area (Å²) in [4.78, 5) is 28.8. The Hall–Kier alpha value is -4.08. The fraction of sp³-hybridized carbons (Fsp3) is 0.250. The molecule has 4 rings (SSSR count). The zero-order valence-electron chi connectivity index (χ0n) is 23.2. The minimum Gasteiger partial charge on any atom is -0.354 e. The molecular weight excluding hydrogens is 541 g/mol. The van der Waals surface area contributed by atoms with E-state index in [4.69, 9.17) is 0 Å². The second-order valence-corrected chi connectivity index (χ2v) is 12.0. The average Bonchev–Trinajstić information content (AvgIpc) is 2.98. The minimum absolute atomic E-state index is 0.0000206. The topological polar surface area (TPSA) is 86.8 Å². The Morgan fingerprint density at radius 1 is 0.854 bits per heavy atom. The number of amides is 2. The standard InChI is InChI=1S/C32H34FN3O4S/c1-3-19-34-32(38)30(20-24-9-5-4-6-10-24)36(22-25-13-16-28(33)17-14-25)31(37)23-35(2)41(39,40)29-18-15-26-11-7-8-12-27(26)21-29/h4-18,21,30H,3,19-20,22-23H2,1-2H3,(H,34,38). The van der Waals surface area contributed by atoms with Crippen LogP contribution in [0.3, 0.4) is 0 Å². The summed E-state index contributed by atoms with van der Waals surface area (Å²) in [6, 6.07) is 26.3. The molecule has 0 radical (unpaired) electrons. The van der Waals surface area contributed by atoms with E-state index in [-0.39, 0.29) is 23.8 Å². The van der Waals surface area contributed by atoms with Gasteiger partial charge in [0.25, 0.3) is 0 Å². The maximum absolute atomic E-state index is 13.9. The van der Waals surface area contributed by atoms with Crippen LogP contribution >= 0.6 is 0 Å². The molecule has 0 aromatic heterocycles. The molecule has 0 fully saturated rings. The highest BCUT2D eigenvalue weighted by Crippen LogP contribution is 2.22. The summed E-state index contributed by atoms with van der Waals surface area (Å²) in [7, 11) is -2.67. The maximum Gasteiger partial charge on any atom is 0.243 e. The molecule has 2 amide bonds. The Morgan fingerprint density at radius 3 is 2.20 bits per heavy atom. The van der Waals surface area contributed by atoms with Crippen LogP contribution in [0.1, 0.15) is 24.5 Å². The van der Waals surface area contributed by atoms with E-state index in [2.05, 4.69) is 5.32 Å². The third-order valence-electron chi connectivity index (χ3n) is 6.87. The van der Waals surface area contributed by atoms with E-state index in [1.165, 1.54) is 30.1 Å². The minimum atomic E-state index is -4.02. The van der Waals surface area contributed by atoms with Crippen LogP contribution in [0.4, 0.5) is 4.39 Å². The highest BCUT2D eigenvalue weighted by atomic mass is 32.2. The number of carbonyl (C=O) groups is 2. The van der Waals surface area contributed by atoms with Crippen molar-refractivity contribution < 1.29 is 22.4 Å². The number of benzene rings is 4. The number of fused-ring (bicyclic) bond motifs is 1. The molecule has 0 bridgehead atoms. The van der Waals surface area contributed by atoms with Crippen molar-refractivity contribution in [2.45, 2.75) is 37.2 Å². The summed E-state index contributed by atoms with van der Waals surface area (Å²) < 4.78 is 41.6. The number of nitrogens with one attached hydrogen (secondary N) is 1. The molecule has 1 N–H and O–H groups in total. The normalized spacial score (nSPS) is 12.3. The molecule has 0 saturated heterocycles. The lowest BCUT2D eigenvalue weighted by Gasteiger charge is -2.32. The molecule has 7 nitrogen and oxygen atoms in total. The number of halogens is 1. The van der Waals surface area contributed by atoms with Gasteiger partial charge in [-0.3, -0.25) is 9.59 Å². The number of hydrogen-bond donors (Lipinski definition) is 1. The van der Waals surface area contributed by atoms with Crippen LogP contribution in [-0.4, -0.2) is 55.6 Å². The van der Waals surface area contributed by atoms with Crippen molar-refractivity contribution in [2.75, 3.05) is 20.1 Å².